The molecular weight excluding hydrogens is 793 g/mol. The molecule has 0 aliphatic rings. The van der Waals surface area contributed by atoms with Crippen LogP contribution in [0, 0.1) is 11.8 Å². The van der Waals surface area contributed by atoms with Crippen molar-refractivity contribution < 1.29 is 28.6 Å². The lowest BCUT2D eigenvalue weighted by molar-refractivity contribution is -0.167. The van der Waals surface area contributed by atoms with Crippen LogP contribution in [-0.2, 0) is 28.6 Å². The highest BCUT2D eigenvalue weighted by Gasteiger charge is 2.19. The SMILES string of the molecule is CCCCCCCCCCCCCC(=O)OC[C@@H](COC(=O)CCCCCCCCCCCCCCCCC(C)CC)OC(=O)CCCCCCCCCCCCCCCCC(C)C. The van der Waals surface area contributed by atoms with Crippen LogP contribution in [0.1, 0.15) is 324 Å². The molecule has 0 aliphatic heterocycles. The van der Waals surface area contributed by atoms with E-state index in [-0.39, 0.29) is 31.1 Å². The predicted octanol–water partition coefficient (Wildman–Crippen LogP) is 18.9. The summed E-state index contributed by atoms with van der Waals surface area (Å²) in [5.41, 5.74) is 0. The largest absolute Gasteiger partial charge is 0.462 e. The van der Waals surface area contributed by atoms with E-state index in [9.17, 15) is 14.4 Å². The minimum absolute atomic E-state index is 0.0627. The van der Waals surface area contributed by atoms with Gasteiger partial charge < -0.3 is 14.2 Å². The molecular formula is C58H112O6. The second-order valence-corrected chi connectivity index (χ2v) is 20.6. The Balaban J connectivity index is 4.27. The van der Waals surface area contributed by atoms with E-state index >= 15 is 0 Å². The molecule has 0 spiro atoms. The summed E-state index contributed by atoms with van der Waals surface area (Å²) < 4.78 is 16.9. The summed E-state index contributed by atoms with van der Waals surface area (Å²) in [5.74, 6) is 0.899. The predicted molar refractivity (Wildman–Crippen MR) is 275 cm³/mol. The second kappa shape index (κ2) is 50.8. The summed E-state index contributed by atoms with van der Waals surface area (Å²) >= 11 is 0. The third-order valence-corrected chi connectivity index (χ3v) is 13.6. The molecule has 0 aromatic rings. The Kier molecular flexibility index (Phi) is 49.6. The zero-order valence-corrected chi connectivity index (χ0v) is 43.9. The lowest BCUT2D eigenvalue weighted by atomic mass is 9.99. The highest BCUT2D eigenvalue weighted by molar-refractivity contribution is 5.71. The molecule has 0 rings (SSSR count). The van der Waals surface area contributed by atoms with E-state index < -0.39 is 6.10 Å². The Morgan fingerprint density at radius 1 is 0.328 bits per heavy atom. The molecule has 0 saturated heterocycles. The standard InChI is InChI=1S/C58H112O6/c1-6-8-9-10-11-12-21-28-33-38-43-48-56(59)62-51-55(64-58(61)50-45-40-35-30-25-20-15-13-17-22-26-31-36-41-46-53(3)4)52-63-57(60)49-44-39-34-29-24-19-16-14-18-23-27-32-37-42-47-54(5)7-2/h53-55H,6-52H2,1-5H3/t54?,55-/m0/s1. The van der Waals surface area contributed by atoms with Gasteiger partial charge in [-0.1, -0.05) is 285 Å². The van der Waals surface area contributed by atoms with Gasteiger partial charge in [-0.15, -0.1) is 0 Å². The van der Waals surface area contributed by atoms with Crippen LogP contribution < -0.4 is 0 Å². The van der Waals surface area contributed by atoms with Gasteiger partial charge in [0.15, 0.2) is 6.10 Å². The van der Waals surface area contributed by atoms with Crippen LogP contribution in [0.5, 0.6) is 0 Å². The molecule has 0 bridgehead atoms. The van der Waals surface area contributed by atoms with Gasteiger partial charge >= 0.3 is 17.9 Å². The quantitative estimate of drug-likeness (QED) is 0.0344. The van der Waals surface area contributed by atoms with E-state index in [0.717, 1.165) is 69.6 Å². The normalized spacial score (nSPS) is 12.5. The van der Waals surface area contributed by atoms with Gasteiger partial charge in [0.25, 0.3) is 0 Å². The summed E-state index contributed by atoms with van der Waals surface area (Å²) in [6.07, 6.45) is 53.7. The molecule has 0 heterocycles. The van der Waals surface area contributed by atoms with Gasteiger partial charge in [0.1, 0.15) is 13.2 Å². The Labute approximate surface area is 399 Å². The number of ether oxygens (including phenoxy) is 3. The van der Waals surface area contributed by atoms with Gasteiger partial charge in [-0.2, -0.15) is 0 Å². The molecule has 380 valence electrons. The minimum Gasteiger partial charge on any atom is -0.462 e. The van der Waals surface area contributed by atoms with Crippen molar-refractivity contribution in [3.05, 3.63) is 0 Å². The molecule has 0 amide bonds. The highest BCUT2D eigenvalue weighted by Crippen LogP contribution is 2.18. The van der Waals surface area contributed by atoms with Gasteiger partial charge in [0.2, 0.25) is 0 Å². The molecule has 0 aromatic heterocycles. The van der Waals surface area contributed by atoms with E-state index in [2.05, 4.69) is 34.6 Å². The van der Waals surface area contributed by atoms with Gasteiger partial charge in [-0.05, 0) is 31.1 Å². The number of unbranched alkanes of at least 4 members (excludes halogenated alkanes) is 36. The van der Waals surface area contributed by atoms with Crippen LogP contribution in [0.2, 0.25) is 0 Å². The van der Waals surface area contributed by atoms with E-state index in [0.29, 0.717) is 19.3 Å². The first kappa shape index (κ1) is 62.4. The first-order valence-electron chi connectivity index (χ1n) is 28.8. The molecule has 1 unspecified atom stereocenters. The molecule has 0 aromatic carbocycles. The van der Waals surface area contributed by atoms with Gasteiger partial charge in [0.05, 0.1) is 0 Å². The Hall–Kier alpha value is -1.59. The van der Waals surface area contributed by atoms with Crippen LogP contribution >= 0.6 is 0 Å². The Bertz CT molecular complexity index is 980. The number of carbonyl (C=O) groups excluding carboxylic acids is 3. The molecule has 0 radical (unpaired) electrons. The summed E-state index contributed by atoms with van der Waals surface area (Å²) in [4.78, 5) is 38.1. The van der Waals surface area contributed by atoms with Crippen LogP contribution in [-0.4, -0.2) is 37.2 Å². The zero-order chi connectivity index (χ0) is 46.8. The van der Waals surface area contributed by atoms with E-state index in [4.69, 9.17) is 14.2 Å². The smallest absolute Gasteiger partial charge is 0.306 e. The van der Waals surface area contributed by atoms with Crippen molar-refractivity contribution in [1.29, 1.82) is 0 Å². The van der Waals surface area contributed by atoms with Crippen molar-refractivity contribution in [3.8, 4) is 0 Å². The van der Waals surface area contributed by atoms with Crippen molar-refractivity contribution in [1.82, 2.24) is 0 Å². The fourth-order valence-corrected chi connectivity index (χ4v) is 8.84. The number of hydrogen-bond acceptors (Lipinski definition) is 6. The molecule has 0 fully saturated rings. The zero-order valence-electron chi connectivity index (χ0n) is 43.9. The van der Waals surface area contributed by atoms with E-state index in [1.807, 2.05) is 0 Å². The van der Waals surface area contributed by atoms with Crippen LogP contribution in [0.15, 0.2) is 0 Å². The maximum Gasteiger partial charge on any atom is 0.306 e. The van der Waals surface area contributed by atoms with Gasteiger partial charge in [0, 0.05) is 19.3 Å². The first-order valence-corrected chi connectivity index (χ1v) is 28.8. The van der Waals surface area contributed by atoms with Gasteiger partial charge in [-0.3, -0.25) is 14.4 Å². The molecule has 6 nitrogen and oxygen atoms in total. The van der Waals surface area contributed by atoms with Crippen molar-refractivity contribution in [2.45, 2.75) is 330 Å². The summed E-state index contributed by atoms with van der Waals surface area (Å²) in [6, 6.07) is 0. The number of rotatable bonds is 52. The third kappa shape index (κ3) is 49.8. The van der Waals surface area contributed by atoms with E-state index in [1.165, 1.54) is 212 Å². The fourth-order valence-electron chi connectivity index (χ4n) is 8.84. The highest BCUT2D eigenvalue weighted by atomic mass is 16.6. The van der Waals surface area contributed by atoms with E-state index in [1.54, 1.807) is 0 Å². The number of carbonyl (C=O) groups is 3. The Morgan fingerprint density at radius 3 is 0.891 bits per heavy atom. The van der Waals surface area contributed by atoms with Gasteiger partial charge in [-0.25, -0.2) is 0 Å². The fraction of sp³-hybridized carbons (Fsp3) is 0.948. The number of esters is 3. The summed E-state index contributed by atoms with van der Waals surface area (Å²) in [5, 5.41) is 0. The lowest BCUT2D eigenvalue weighted by Crippen LogP contribution is -2.30. The maximum atomic E-state index is 12.8. The van der Waals surface area contributed by atoms with Crippen molar-refractivity contribution in [3.63, 3.8) is 0 Å². The number of hydrogen-bond donors (Lipinski definition) is 0. The third-order valence-electron chi connectivity index (χ3n) is 13.6. The van der Waals surface area contributed by atoms with Crippen molar-refractivity contribution in [2.75, 3.05) is 13.2 Å². The molecule has 64 heavy (non-hydrogen) atoms. The molecule has 6 heteroatoms. The second-order valence-electron chi connectivity index (χ2n) is 20.6. The van der Waals surface area contributed by atoms with Crippen molar-refractivity contribution >= 4 is 17.9 Å². The van der Waals surface area contributed by atoms with Crippen LogP contribution in [0.3, 0.4) is 0 Å². The lowest BCUT2D eigenvalue weighted by Gasteiger charge is -2.18. The topological polar surface area (TPSA) is 78.9 Å². The van der Waals surface area contributed by atoms with Crippen molar-refractivity contribution in [2.24, 2.45) is 11.8 Å². The molecule has 2 atom stereocenters. The maximum absolute atomic E-state index is 12.8. The molecule has 0 N–H and O–H groups in total. The first-order chi connectivity index (χ1) is 31.3. The Morgan fingerprint density at radius 2 is 0.594 bits per heavy atom. The summed E-state index contributed by atoms with van der Waals surface area (Å²) in [6.45, 7) is 11.4. The average molecular weight is 906 g/mol. The molecule has 0 aliphatic carbocycles. The van der Waals surface area contributed by atoms with Crippen LogP contribution in [0.25, 0.3) is 0 Å². The average Bonchev–Trinajstić information content (AvgIpc) is 3.28. The molecule has 0 saturated carbocycles. The minimum atomic E-state index is -0.762. The monoisotopic (exact) mass is 905 g/mol. The summed E-state index contributed by atoms with van der Waals surface area (Å²) in [7, 11) is 0. The van der Waals surface area contributed by atoms with Crippen LogP contribution in [0.4, 0.5) is 0 Å².